The molecule has 0 saturated carbocycles. The number of amides is 3. The Balaban J connectivity index is 1.72. The lowest BCUT2D eigenvalue weighted by Crippen LogP contribution is -2.26. The number of carbonyl (C=O) groups excluding carboxylic acids is 3. The van der Waals surface area contributed by atoms with Crippen molar-refractivity contribution in [2.45, 2.75) is 18.2 Å². The second-order valence-corrected chi connectivity index (χ2v) is 7.13. The van der Waals surface area contributed by atoms with Gasteiger partial charge in [0.15, 0.2) is 17.5 Å². The molecule has 2 aromatic rings. The predicted octanol–water partition coefficient (Wildman–Crippen LogP) is 2.63. The Labute approximate surface area is 161 Å². The summed E-state index contributed by atoms with van der Waals surface area (Å²) in [7, 11) is 0. The van der Waals surface area contributed by atoms with Gasteiger partial charge in [-0.3, -0.25) is 19.7 Å². The van der Waals surface area contributed by atoms with Crippen molar-refractivity contribution in [3.8, 4) is 5.75 Å². The Hall–Kier alpha value is -3.01. The Morgan fingerprint density at radius 1 is 1.14 bits per heavy atom. The highest BCUT2D eigenvalue weighted by Gasteiger charge is 2.31. The van der Waals surface area contributed by atoms with E-state index in [0.29, 0.717) is 5.56 Å². The third-order valence-corrected chi connectivity index (χ3v) is 5.03. The van der Waals surface area contributed by atoms with E-state index in [-0.39, 0.29) is 23.3 Å². The zero-order chi connectivity index (χ0) is 20.4. The monoisotopic (exact) mass is 410 g/mol. The van der Waals surface area contributed by atoms with Crippen LogP contribution in [0.1, 0.15) is 21.5 Å². The summed E-state index contributed by atoms with van der Waals surface area (Å²) in [5.74, 6) is -5.96. The largest absolute Gasteiger partial charge is 0.507 e. The van der Waals surface area contributed by atoms with E-state index in [1.165, 1.54) is 18.2 Å². The van der Waals surface area contributed by atoms with Gasteiger partial charge in [-0.1, -0.05) is 23.9 Å². The molecule has 1 aliphatic heterocycles. The van der Waals surface area contributed by atoms with E-state index >= 15 is 0 Å². The highest BCUT2D eigenvalue weighted by Crippen LogP contribution is 2.26. The molecule has 1 saturated heterocycles. The van der Waals surface area contributed by atoms with Crippen LogP contribution in [-0.4, -0.2) is 27.4 Å². The van der Waals surface area contributed by atoms with Gasteiger partial charge in [0.1, 0.15) is 5.75 Å². The smallest absolute Gasteiger partial charge is 0.286 e. The lowest BCUT2D eigenvalue weighted by Gasteiger charge is -2.11. The Morgan fingerprint density at radius 2 is 1.89 bits per heavy atom. The molecule has 1 heterocycles. The maximum absolute atomic E-state index is 13.7. The van der Waals surface area contributed by atoms with Gasteiger partial charge in [0, 0.05) is 12.1 Å². The van der Waals surface area contributed by atoms with Crippen molar-refractivity contribution < 1.29 is 32.7 Å². The summed E-state index contributed by atoms with van der Waals surface area (Å²) < 4.78 is 39.9. The van der Waals surface area contributed by atoms with Gasteiger partial charge in [-0.2, -0.15) is 0 Å². The number of thioether (sulfide) groups is 1. The Morgan fingerprint density at radius 3 is 2.57 bits per heavy atom. The first kappa shape index (κ1) is 19.7. The van der Waals surface area contributed by atoms with Crippen LogP contribution in [0.2, 0.25) is 0 Å². The van der Waals surface area contributed by atoms with Crippen molar-refractivity contribution in [3.63, 3.8) is 0 Å². The van der Waals surface area contributed by atoms with E-state index in [9.17, 15) is 32.7 Å². The maximum atomic E-state index is 13.7. The van der Waals surface area contributed by atoms with Gasteiger partial charge < -0.3 is 10.4 Å². The number of rotatable bonds is 5. The minimum absolute atomic E-state index is 0.143. The molecular formula is C18H13F3N2O4S. The molecule has 28 heavy (non-hydrogen) atoms. The molecule has 0 spiro atoms. The standard InChI is InChI=1S/C18H13F3N2O4S/c19-11-3-2-9(14(20)15(11)21)7-22-16(25)10-5-8(1-4-12(10)24)6-13-17(26)23-18(27)28-13/h1-5,13,24H,6-7H2,(H,22,25)(H,23,26,27). The van der Waals surface area contributed by atoms with Crippen LogP contribution in [0.15, 0.2) is 30.3 Å². The van der Waals surface area contributed by atoms with Gasteiger partial charge in [0.25, 0.3) is 11.1 Å². The van der Waals surface area contributed by atoms with Gasteiger partial charge >= 0.3 is 0 Å². The summed E-state index contributed by atoms with van der Waals surface area (Å²) in [5, 5.41) is 13.3. The van der Waals surface area contributed by atoms with E-state index in [1.54, 1.807) is 0 Å². The van der Waals surface area contributed by atoms with Crippen LogP contribution in [-0.2, 0) is 17.8 Å². The minimum atomic E-state index is -1.64. The Bertz CT molecular complexity index is 984. The second kappa shape index (κ2) is 7.93. The van der Waals surface area contributed by atoms with Crippen molar-refractivity contribution in [1.29, 1.82) is 0 Å². The topological polar surface area (TPSA) is 95.5 Å². The number of nitrogens with one attached hydrogen (secondary N) is 2. The molecule has 6 nitrogen and oxygen atoms in total. The first-order chi connectivity index (χ1) is 13.3. The summed E-state index contributed by atoms with van der Waals surface area (Å²) in [4.78, 5) is 35.2. The first-order valence-corrected chi connectivity index (χ1v) is 8.88. The minimum Gasteiger partial charge on any atom is -0.507 e. The zero-order valence-corrected chi connectivity index (χ0v) is 14.9. The molecule has 1 unspecified atom stereocenters. The normalized spacial score (nSPS) is 16.2. The van der Waals surface area contributed by atoms with Gasteiger partial charge in [0.2, 0.25) is 5.91 Å². The molecular weight excluding hydrogens is 397 g/mol. The number of benzene rings is 2. The third kappa shape index (κ3) is 4.11. The van der Waals surface area contributed by atoms with Crippen LogP contribution in [0.25, 0.3) is 0 Å². The molecule has 2 aromatic carbocycles. The number of hydrogen-bond donors (Lipinski definition) is 3. The second-order valence-electron chi connectivity index (χ2n) is 5.96. The Kier molecular flexibility index (Phi) is 5.59. The number of halogens is 3. The van der Waals surface area contributed by atoms with E-state index in [4.69, 9.17) is 0 Å². The van der Waals surface area contributed by atoms with Gasteiger partial charge in [0.05, 0.1) is 10.8 Å². The fourth-order valence-corrected chi connectivity index (χ4v) is 3.47. The average molecular weight is 410 g/mol. The van der Waals surface area contributed by atoms with Gasteiger partial charge in [-0.05, 0) is 30.2 Å². The van der Waals surface area contributed by atoms with Crippen LogP contribution < -0.4 is 10.6 Å². The predicted molar refractivity (Wildman–Crippen MR) is 94.2 cm³/mol. The molecule has 0 radical (unpaired) electrons. The van der Waals surface area contributed by atoms with E-state index < -0.39 is 46.3 Å². The molecule has 3 amide bonds. The van der Waals surface area contributed by atoms with Crippen molar-refractivity contribution in [3.05, 3.63) is 64.5 Å². The van der Waals surface area contributed by atoms with Crippen molar-refractivity contribution in [1.82, 2.24) is 10.6 Å². The molecule has 1 fully saturated rings. The lowest BCUT2D eigenvalue weighted by molar-refractivity contribution is -0.118. The molecule has 1 atom stereocenters. The van der Waals surface area contributed by atoms with Gasteiger partial charge in [-0.15, -0.1) is 0 Å². The zero-order valence-electron chi connectivity index (χ0n) is 14.1. The summed E-state index contributed by atoms with van der Waals surface area (Å²) >= 11 is 0.828. The van der Waals surface area contributed by atoms with E-state index in [2.05, 4.69) is 10.6 Å². The SMILES string of the molecule is O=C1NC(=O)C(Cc2ccc(O)c(C(=O)NCc3ccc(F)c(F)c3F)c2)S1. The fraction of sp³-hybridized carbons (Fsp3) is 0.167. The molecule has 0 bridgehead atoms. The number of aromatic hydroxyl groups is 1. The van der Waals surface area contributed by atoms with Gasteiger partial charge in [-0.25, -0.2) is 13.2 Å². The van der Waals surface area contributed by atoms with Crippen LogP contribution in [0, 0.1) is 17.5 Å². The third-order valence-electron chi connectivity index (χ3n) is 4.05. The van der Waals surface area contributed by atoms with E-state index in [0.717, 1.165) is 23.9 Å². The van der Waals surface area contributed by atoms with Crippen molar-refractivity contribution in [2.24, 2.45) is 0 Å². The van der Waals surface area contributed by atoms with E-state index in [1.807, 2.05) is 0 Å². The van der Waals surface area contributed by atoms with Crippen molar-refractivity contribution in [2.75, 3.05) is 0 Å². The van der Waals surface area contributed by atoms with Crippen molar-refractivity contribution >= 4 is 28.8 Å². The van der Waals surface area contributed by atoms with Crippen LogP contribution in [0.3, 0.4) is 0 Å². The highest BCUT2D eigenvalue weighted by molar-refractivity contribution is 8.15. The molecule has 146 valence electrons. The summed E-state index contributed by atoms with van der Waals surface area (Å²) in [6, 6.07) is 5.82. The molecule has 0 aromatic heterocycles. The quantitative estimate of drug-likeness (QED) is 0.659. The fourth-order valence-electron chi connectivity index (χ4n) is 2.61. The molecule has 0 aliphatic carbocycles. The van der Waals surface area contributed by atoms with Crippen LogP contribution in [0.5, 0.6) is 5.75 Å². The summed E-state index contributed by atoms with van der Waals surface area (Å²) in [5.41, 5.74) is 0.111. The average Bonchev–Trinajstić information content (AvgIpc) is 2.97. The highest BCUT2D eigenvalue weighted by atomic mass is 32.2. The number of imide groups is 1. The number of phenolic OH excluding ortho intramolecular Hbond substituents is 1. The maximum Gasteiger partial charge on any atom is 0.286 e. The molecule has 10 heteroatoms. The van der Waals surface area contributed by atoms with Crippen LogP contribution in [0.4, 0.5) is 18.0 Å². The number of phenols is 1. The molecule has 3 rings (SSSR count). The first-order valence-electron chi connectivity index (χ1n) is 8.00. The summed E-state index contributed by atoms with van der Waals surface area (Å²) in [6.45, 7) is -0.430. The number of hydrogen-bond acceptors (Lipinski definition) is 5. The molecule has 1 aliphatic rings. The van der Waals surface area contributed by atoms with Crippen LogP contribution >= 0.6 is 11.8 Å². The molecule has 3 N–H and O–H groups in total. The summed E-state index contributed by atoms with van der Waals surface area (Å²) in [6.07, 6.45) is 0.153. The lowest BCUT2D eigenvalue weighted by atomic mass is 10.0. The number of carbonyl (C=O) groups is 3.